The number of ether oxygens (including phenoxy) is 2. The van der Waals surface area contributed by atoms with Gasteiger partial charge in [-0.25, -0.2) is 12.8 Å². The van der Waals surface area contributed by atoms with E-state index in [1.807, 2.05) is 30.3 Å². The Morgan fingerprint density at radius 1 is 0.951 bits per heavy atom. The van der Waals surface area contributed by atoms with Gasteiger partial charge in [0.05, 0.1) is 10.6 Å². The maximum Gasteiger partial charge on any atom is 0.264 e. The van der Waals surface area contributed by atoms with Crippen LogP contribution in [0.5, 0.6) is 11.5 Å². The quantitative estimate of drug-likeness (QED) is 0.348. The van der Waals surface area contributed by atoms with Crippen LogP contribution in [0.25, 0.3) is 0 Å². The molecule has 9 nitrogen and oxygen atoms in total. The summed E-state index contributed by atoms with van der Waals surface area (Å²) in [6.07, 6.45) is 0.797. The van der Waals surface area contributed by atoms with Crippen molar-refractivity contribution in [1.82, 2.24) is 10.2 Å². The summed E-state index contributed by atoms with van der Waals surface area (Å²) in [6, 6.07) is 17.8. The number of carbonyl (C=O) groups is 2. The van der Waals surface area contributed by atoms with Crippen molar-refractivity contribution in [1.29, 1.82) is 0 Å². The van der Waals surface area contributed by atoms with Crippen LogP contribution in [0, 0.1) is 5.82 Å². The number of nitrogens with zero attached hydrogens (tertiary/aromatic N) is 2. The summed E-state index contributed by atoms with van der Waals surface area (Å²) in [4.78, 5) is 28.2. The number of fused-ring (bicyclic) bond motifs is 1. The molecule has 0 radical (unpaired) electrons. The first kappa shape index (κ1) is 29.9. The van der Waals surface area contributed by atoms with Crippen LogP contribution in [-0.2, 0) is 26.0 Å². The summed E-state index contributed by atoms with van der Waals surface area (Å²) < 4.78 is 53.8. The summed E-state index contributed by atoms with van der Waals surface area (Å²) in [5.41, 5.74) is 1.07. The lowest BCUT2D eigenvalue weighted by atomic mass is 10.1. The van der Waals surface area contributed by atoms with Crippen molar-refractivity contribution in [3.05, 3.63) is 84.2 Å². The van der Waals surface area contributed by atoms with Crippen LogP contribution in [0.15, 0.2) is 77.7 Å². The zero-order valence-corrected chi connectivity index (χ0v) is 23.9. The molecular formula is C30H34FN3O6S. The Morgan fingerprint density at radius 2 is 1.63 bits per heavy atom. The van der Waals surface area contributed by atoms with Crippen molar-refractivity contribution < 1.29 is 31.9 Å². The molecule has 41 heavy (non-hydrogen) atoms. The number of hydrogen-bond donors (Lipinski definition) is 1. The molecule has 1 aliphatic rings. The standard InChI is InChI=1S/C30H34FN3O6S/c1-3-26(30(36)32-4-2)33(17-16-22-8-6-5-7-9-22)29(35)21-34(24-12-10-23(31)11-13-24)41(37,38)25-14-15-27-28(20-25)40-19-18-39-27/h5-15,20,26H,3-4,16-19,21H2,1-2H3,(H,32,36). The number of nitrogens with one attached hydrogen (secondary N) is 1. The first-order valence-electron chi connectivity index (χ1n) is 13.5. The van der Waals surface area contributed by atoms with Crippen LogP contribution < -0.4 is 19.1 Å². The minimum absolute atomic E-state index is 0.101. The van der Waals surface area contributed by atoms with Gasteiger partial charge in [0.15, 0.2) is 11.5 Å². The van der Waals surface area contributed by atoms with Gasteiger partial charge in [0.25, 0.3) is 10.0 Å². The molecule has 1 atom stereocenters. The zero-order valence-electron chi connectivity index (χ0n) is 23.1. The number of sulfonamides is 1. The van der Waals surface area contributed by atoms with Crippen molar-refractivity contribution >= 4 is 27.5 Å². The molecule has 3 aromatic rings. The van der Waals surface area contributed by atoms with E-state index in [0.717, 1.165) is 22.0 Å². The summed E-state index contributed by atoms with van der Waals surface area (Å²) in [5, 5.41) is 2.77. The van der Waals surface area contributed by atoms with E-state index in [1.165, 1.54) is 35.2 Å². The Hall–Kier alpha value is -4.12. The number of hydrogen-bond acceptors (Lipinski definition) is 6. The van der Waals surface area contributed by atoms with Gasteiger partial charge < -0.3 is 19.7 Å². The fraction of sp³-hybridized carbons (Fsp3) is 0.333. The summed E-state index contributed by atoms with van der Waals surface area (Å²) in [6.45, 7) is 4.18. The molecule has 0 saturated carbocycles. The molecule has 0 bridgehead atoms. The molecule has 0 aromatic heterocycles. The monoisotopic (exact) mass is 583 g/mol. The van der Waals surface area contributed by atoms with Gasteiger partial charge in [0.1, 0.15) is 31.6 Å². The van der Waals surface area contributed by atoms with Crippen molar-refractivity contribution in [3.8, 4) is 11.5 Å². The Morgan fingerprint density at radius 3 is 2.29 bits per heavy atom. The summed E-state index contributed by atoms with van der Waals surface area (Å²) in [7, 11) is -4.33. The number of anilines is 1. The van der Waals surface area contributed by atoms with Gasteiger partial charge in [-0.05, 0) is 61.7 Å². The van der Waals surface area contributed by atoms with E-state index in [1.54, 1.807) is 13.8 Å². The summed E-state index contributed by atoms with van der Waals surface area (Å²) in [5.74, 6) is -0.749. The molecule has 1 N–H and O–H groups in total. The normalized spacial score (nSPS) is 13.2. The molecule has 218 valence electrons. The Balaban J connectivity index is 1.70. The SMILES string of the molecule is CCNC(=O)C(CC)N(CCc1ccccc1)C(=O)CN(c1ccc(F)cc1)S(=O)(=O)c1ccc2c(c1)OCCO2. The third-order valence-electron chi connectivity index (χ3n) is 6.72. The second-order valence-corrected chi connectivity index (χ2v) is 11.3. The fourth-order valence-corrected chi connectivity index (χ4v) is 6.07. The number of rotatable bonds is 12. The Kier molecular flexibility index (Phi) is 9.82. The molecule has 0 spiro atoms. The predicted molar refractivity (Wildman–Crippen MR) is 153 cm³/mol. The lowest BCUT2D eigenvalue weighted by Crippen LogP contribution is -2.53. The smallest absolute Gasteiger partial charge is 0.264 e. The third kappa shape index (κ3) is 7.15. The molecule has 0 saturated heterocycles. The van der Waals surface area contributed by atoms with Crippen LogP contribution in [0.4, 0.5) is 10.1 Å². The number of amides is 2. The molecule has 4 rings (SSSR count). The van der Waals surface area contributed by atoms with Crippen LogP contribution in [0.3, 0.4) is 0 Å². The average molecular weight is 584 g/mol. The molecule has 1 unspecified atom stereocenters. The molecule has 0 fully saturated rings. The van der Waals surface area contributed by atoms with E-state index in [4.69, 9.17) is 9.47 Å². The van der Waals surface area contributed by atoms with Gasteiger partial charge in [-0.15, -0.1) is 0 Å². The Bertz CT molecular complexity index is 1450. The minimum atomic E-state index is -4.33. The lowest BCUT2D eigenvalue weighted by Gasteiger charge is -2.33. The molecule has 1 heterocycles. The minimum Gasteiger partial charge on any atom is -0.486 e. The highest BCUT2D eigenvalue weighted by atomic mass is 32.2. The highest BCUT2D eigenvalue weighted by molar-refractivity contribution is 7.92. The fourth-order valence-electron chi connectivity index (χ4n) is 4.64. The van der Waals surface area contributed by atoms with E-state index < -0.39 is 34.3 Å². The zero-order chi connectivity index (χ0) is 29.4. The molecule has 0 aliphatic carbocycles. The topological polar surface area (TPSA) is 105 Å². The van der Waals surface area contributed by atoms with Crippen LogP contribution in [0.1, 0.15) is 25.8 Å². The van der Waals surface area contributed by atoms with Gasteiger partial charge in [-0.1, -0.05) is 37.3 Å². The van der Waals surface area contributed by atoms with Crippen molar-refractivity contribution in [2.75, 3.05) is 37.2 Å². The largest absolute Gasteiger partial charge is 0.486 e. The van der Waals surface area contributed by atoms with Crippen LogP contribution >= 0.6 is 0 Å². The molecule has 11 heteroatoms. The second kappa shape index (κ2) is 13.5. The number of halogens is 1. The first-order valence-corrected chi connectivity index (χ1v) is 15.0. The van der Waals surface area contributed by atoms with E-state index >= 15 is 0 Å². The number of likely N-dealkylation sites (N-methyl/N-ethyl adjacent to an activating group) is 1. The average Bonchev–Trinajstić information content (AvgIpc) is 2.98. The van der Waals surface area contributed by atoms with Crippen molar-refractivity contribution in [3.63, 3.8) is 0 Å². The van der Waals surface area contributed by atoms with Gasteiger partial charge in [-0.2, -0.15) is 0 Å². The predicted octanol–water partition coefficient (Wildman–Crippen LogP) is 3.78. The molecular weight excluding hydrogens is 549 g/mol. The maximum atomic E-state index is 14.0. The Labute approximate surface area is 239 Å². The second-order valence-electron chi connectivity index (χ2n) is 9.43. The molecule has 1 aliphatic heterocycles. The number of benzene rings is 3. The third-order valence-corrected chi connectivity index (χ3v) is 8.49. The van der Waals surface area contributed by atoms with Crippen molar-refractivity contribution in [2.45, 2.75) is 37.6 Å². The highest BCUT2D eigenvalue weighted by Gasteiger charge is 2.34. The maximum absolute atomic E-state index is 14.0. The van der Waals surface area contributed by atoms with Gasteiger partial charge in [0, 0.05) is 19.2 Å². The molecule has 2 amide bonds. The number of carbonyl (C=O) groups excluding carboxylic acids is 2. The van der Waals surface area contributed by atoms with E-state index in [0.29, 0.717) is 31.7 Å². The first-order chi connectivity index (χ1) is 19.7. The van der Waals surface area contributed by atoms with Gasteiger partial charge in [-0.3, -0.25) is 13.9 Å². The van der Waals surface area contributed by atoms with Crippen LogP contribution in [-0.4, -0.2) is 64.0 Å². The van der Waals surface area contributed by atoms with E-state index in [2.05, 4.69) is 5.32 Å². The van der Waals surface area contributed by atoms with Crippen molar-refractivity contribution in [2.24, 2.45) is 0 Å². The van der Waals surface area contributed by atoms with Crippen LogP contribution in [0.2, 0.25) is 0 Å². The highest BCUT2D eigenvalue weighted by Crippen LogP contribution is 2.34. The lowest BCUT2D eigenvalue weighted by molar-refractivity contribution is -0.139. The van der Waals surface area contributed by atoms with Gasteiger partial charge in [0.2, 0.25) is 11.8 Å². The molecule has 3 aromatic carbocycles. The van der Waals surface area contributed by atoms with E-state index in [-0.39, 0.29) is 35.4 Å². The van der Waals surface area contributed by atoms with E-state index in [9.17, 15) is 22.4 Å². The van der Waals surface area contributed by atoms with Gasteiger partial charge >= 0.3 is 0 Å². The summed E-state index contributed by atoms with van der Waals surface area (Å²) >= 11 is 0.